The van der Waals surface area contributed by atoms with Crippen LogP contribution in [0.2, 0.25) is 0 Å². The lowest BCUT2D eigenvalue weighted by atomic mass is 9.84. The molecule has 1 aliphatic rings. The van der Waals surface area contributed by atoms with E-state index in [-0.39, 0.29) is 0 Å². The Morgan fingerprint density at radius 2 is 2.03 bits per heavy atom. The molecule has 3 N–H and O–H groups in total. The van der Waals surface area contributed by atoms with E-state index in [2.05, 4.69) is 47.7 Å². The lowest BCUT2D eigenvalue weighted by molar-refractivity contribution is -0.138. The number of methoxy groups -OCH3 is 1. The predicted molar refractivity (Wildman–Crippen MR) is 125 cm³/mol. The lowest BCUT2D eigenvalue weighted by Gasteiger charge is -2.22. The molecule has 6 heteroatoms. The van der Waals surface area contributed by atoms with E-state index in [0.29, 0.717) is 18.9 Å². The molecule has 1 heterocycles. The minimum atomic E-state index is -0.923. The zero-order valence-electron chi connectivity index (χ0n) is 18.3. The molecule has 1 unspecified atom stereocenters. The maximum Gasteiger partial charge on any atom is 0.320 e. The molecule has 2 atom stereocenters. The van der Waals surface area contributed by atoms with Crippen LogP contribution in [-0.4, -0.2) is 34.0 Å². The molecule has 0 radical (unpaired) electrons. The standard InChI is InChI=1S/C26H29N3O3/c1-32-25-14-21(19-5-3-2-4-6-19)11-12-22(25)16-29-17-23(15-28-29)20-9-7-18(8-10-20)13-24(27)26(30)31/h2-6,9,11-12,14-15,17-18,24H,7-8,10,13,16,27H2,1H3,(H,30,31)/t18?,24-/m0/s1. The van der Waals surface area contributed by atoms with Gasteiger partial charge in [0, 0.05) is 17.3 Å². The second-order valence-electron chi connectivity index (χ2n) is 8.37. The molecule has 0 fully saturated rings. The molecule has 1 aromatic heterocycles. The minimum Gasteiger partial charge on any atom is -0.496 e. The molecule has 0 bridgehead atoms. The second kappa shape index (κ2) is 9.83. The van der Waals surface area contributed by atoms with Gasteiger partial charge in [-0.1, -0.05) is 48.5 Å². The quantitative estimate of drug-likeness (QED) is 0.544. The van der Waals surface area contributed by atoms with E-state index in [1.54, 1.807) is 7.11 Å². The maximum atomic E-state index is 11.0. The van der Waals surface area contributed by atoms with Crippen LogP contribution in [0, 0.1) is 5.92 Å². The first-order valence-corrected chi connectivity index (χ1v) is 11.0. The topological polar surface area (TPSA) is 90.4 Å². The molecule has 0 spiro atoms. The molecule has 32 heavy (non-hydrogen) atoms. The monoisotopic (exact) mass is 431 g/mol. The molecule has 0 amide bonds. The molecular weight excluding hydrogens is 402 g/mol. The Hall–Kier alpha value is -3.38. The van der Waals surface area contributed by atoms with E-state index in [1.165, 1.54) is 5.57 Å². The van der Waals surface area contributed by atoms with Crippen LogP contribution in [0.15, 0.2) is 67.0 Å². The Morgan fingerprint density at radius 1 is 1.22 bits per heavy atom. The normalized spacial score (nSPS) is 16.9. The number of aromatic nitrogens is 2. The van der Waals surface area contributed by atoms with Gasteiger partial charge >= 0.3 is 5.97 Å². The lowest BCUT2D eigenvalue weighted by Crippen LogP contribution is -2.32. The summed E-state index contributed by atoms with van der Waals surface area (Å²) in [5, 5.41) is 13.6. The van der Waals surface area contributed by atoms with Crippen molar-refractivity contribution < 1.29 is 14.6 Å². The summed E-state index contributed by atoms with van der Waals surface area (Å²) in [5.74, 6) is 0.249. The summed E-state index contributed by atoms with van der Waals surface area (Å²) in [6, 6.07) is 15.8. The smallest absolute Gasteiger partial charge is 0.320 e. The number of carbonyl (C=O) groups is 1. The third kappa shape index (κ3) is 5.08. The highest BCUT2D eigenvalue weighted by Gasteiger charge is 2.22. The average molecular weight is 432 g/mol. The van der Waals surface area contributed by atoms with Crippen LogP contribution >= 0.6 is 0 Å². The van der Waals surface area contributed by atoms with Crippen LogP contribution < -0.4 is 10.5 Å². The Kier molecular flexibility index (Phi) is 6.71. The van der Waals surface area contributed by atoms with E-state index >= 15 is 0 Å². The molecule has 0 saturated carbocycles. The number of carboxylic acid groups (broad SMARTS) is 1. The fourth-order valence-electron chi connectivity index (χ4n) is 4.30. The van der Waals surface area contributed by atoms with Crippen LogP contribution in [0.4, 0.5) is 0 Å². The van der Waals surface area contributed by atoms with Gasteiger partial charge in [0.15, 0.2) is 0 Å². The summed E-state index contributed by atoms with van der Waals surface area (Å²) in [6.45, 7) is 0.627. The summed E-state index contributed by atoms with van der Waals surface area (Å²) in [4.78, 5) is 11.0. The Bertz CT molecular complexity index is 1100. The summed E-state index contributed by atoms with van der Waals surface area (Å²) >= 11 is 0. The first-order valence-electron chi connectivity index (χ1n) is 11.0. The Labute approximate surface area is 188 Å². The van der Waals surface area contributed by atoms with Gasteiger partial charge in [0.1, 0.15) is 11.8 Å². The number of benzene rings is 2. The summed E-state index contributed by atoms with van der Waals surface area (Å²) in [5.41, 5.74) is 11.4. The van der Waals surface area contributed by atoms with Crippen molar-refractivity contribution in [2.75, 3.05) is 7.11 Å². The van der Waals surface area contributed by atoms with Gasteiger partial charge in [0.05, 0.1) is 19.9 Å². The molecule has 0 aliphatic heterocycles. The van der Waals surface area contributed by atoms with Crippen LogP contribution in [0.5, 0.6) is 5.75 Å². The van der Waals surface area contributed by atoms with E-state index in [4.69, 9.17) is 15.6 Å². The van der Waals surface area contributed by atoms with Crippen molar-refractivity contribution in [1.29, 1.82) is 0 Å². The van der Waals surface area contributed by atoms with Gasteiger partial charge in [0.25, 0.3) is 0 Å². The summed E-state index contributed by atoms with van der Waals surface area (Å²) in [6.07, 6.45) is 9.43. The fourth-order valence-corrected chi connectivity index (χ4v) is 4.30. The van der Waals surface area contributed by atoms with Crippen molar-refractivity contribution in [3.05, 3.63) is 78.1 Å². The van der Waals surface area contributed by atoms with Crippen molar-refractivity contribution in [2.45, 2.75) is 38.3 Å². The molecule has 166 valence electrons. The Morgan fingerprint density at radius 3 is 2.72 bits per heavy atom. The van der Waals surface area contributed by atoms with Gasteiger partial charge in [-0.25, -0.2) is 0 Å². The zero-order chi connectivity index (χ0) is 22.5. The number of hydrogen-bond acceptors (Lipinski definition) is 4. The number of nitrogens with two attached hydrogens (primary N) is 1. The van der Waals surface area contributed by atoms with Gasteiger partial charge in [0.2, 0.25) is 0 Å². The fraction of sp³-hybridized carbons (Fsp3) is 0.308. The third-order valence-electron chi connectivity index (χ3n) is 6.15. The van der Waals surface area contributed by atoms with Gasteiger partial charge in [-0.2, -0.15) is 5.10 Å². The zero-order valence-corrected chi connectivity index (χ0v) is 18.3. The van der Waals surface area contributed by atoms with Gasteiger partial charge in [-0.3, -0.25) is 9.48 Å². The van der Waals surface area contributed by atoms with Crippen molar-refractivity contribution in [3.63, 3.8) is 0 Å². The number of allylic oxidation sites excluding steroid dienone is 2. The Balaban J connectivity index is 1.43. The van der Waals surface area contributed by atoms with Crippen molar-refractivity contribution in [2.24, 2.45) is 11.7 Å². The minimum absolute atomic E-state index is 0.326. The molecule has 3 aromatic rings. The van der Waals surface area contributed by atoms with E-state index in [1.807, 2.05) is 29.1 Å². The van der Waals surface area contributed by atoms with Crippen molar-refractivity contribution in [1.82, 2.24) is 9.78 Å². The molecule has 4 rings (SSSR count). The SMILES string of the molecule is COc1cc(-c2ccccc2)ccc1Cn1cc(C2=CCC(C[C@H](N)C(=O)O)CC2)cn1. The highest BCUT2D eigenvalue weighted by Crippen LogP contribution is 2.33. The number of aliphatic carboxylic acids is 1. The van der Waals surface area contributed by atoms with Crippen LogP contribution in [-0.2, 0) is 11.3 Å². The van der Waals surface area contributed by atoms with Crippen LogP contribution in [0.25, 0.3) is 16.7 Å². The van der Waals surface area contributed by atoms with E-state index in [9.17, 15) is 4.79 Å². The first-order chi connectivity index (χ1) is 15.5. The van der Waals surface area contributed by atoms with Crippen molar-refractivity contribution >= 4 is 11.5 Å². The number of rotatable bonds is 8. The maximum absolute atomic E-state index is 11.0. The van der Waals surface area contributed by atoms with E-state index < -0.39 is 12.0 Å². The van der Waals surface area contributed by atoms with Gasteiger partial charge in [-0.05, 0) is 54.4 Å². The molecular formula is C26H29N3O3. The molecule has 6 nitrogen and oxygen atoms in total. The largest absolute Gasteiger partial charge is 0.496 e. The number of hydrogen-bond donors (Lipinski definition) is 2. The number of nitrogens with zero attached hydrogens (tertiary/aromatic N) is 2. The van der Waals surface area contributed by atoms with Crippen LogP contribution in [0.1, 0.15) is 36.8 Å². The third-order valence-corrected chi connectivity index (χ3v) is 6.15. The number of carboxylic acids is 1. The van der Waals surface area contributed by atoms with Crippen molar-refractivity contribution in [3.8, 4) is 16.9 Å². The first kappa shape index (κ1) is 21.8. The number of ether oxygens (including phenoxy) is 1. The predicted octanol–water partition coefficient (Wildman–Crippen LogP) is 4.59. The summed E-state index contributed by atoms with van der Waals surface area (Å²) < 4.78 is 7.59. The second-order valence-corrected chi connectivity index (χ2v) is 8.37. The van der Waals surface area contributed by atoms with Gasteiger partial charge in [-0.15, -0.1) is 0 Å². The summed E-state index contributed by atoms with van der Waals surface area (Å²) in [7, 11) is 1.70. The average Bonchev–Trinajstić information content (AvgIpc) is 3.29. The van der Waals surface area contributed by atoms with Gasteiger partial charge < -0.3 is 15.6 Å². The van der Waals surface area contributed by atoms with E-state index in [0.717, 1.165) is 47.3 Å². The highest BCUT2D eigenvalue weighted by molar-refractivity contribution is 5.73. The highest BCUT2D eigenvalue weighted by atomic mass is 16.5. The molecule has 2 aromatic carbocycles. The molecule has 1 aliphatic carbocycles. The molecule has 0 saturated heterocycles. The van der Waals surface area contributed by atoms with Crippen LogP contribution in [0.3, 0.4) is 0 Å².